The lowest BCUT2D eigenvalue weighted by Gasteiger charge is -2.26. The quantitative estimate of drug-likeness (QED) is 0.816. The summed E-state index contributed by atoms with van der Waals surface area (Å²) < 4.78 is 5.31. The van der Waals surface area contributed by atoms with E-state index in [0.29, 0.717) is 0 Å². The Balaban J connectivity index is 1.99. The third-order valence-corrected chi connectivity index (χ3v) is 3.43. The first-order valence-corrected chi connectivity index (χ1v) is 6.52. The number of carboxylic acids is 1. The number of carboxylic acid groups (broad SMARTS) is 1. The van der Waals surface area contributed by atoms with Gasteiger partial charge in [0.1, 0.15) is 0 Å². The van der Waals surface area contributed by atoms with Gasteiger partial charge < -0.3 is 15.6 Å². The molecule has 0 radical (unpaired) electrons. The zero-order valence-corrected chi connectivity index (χ0v) is 10.9. The van der Waals surface area contributed by atoms with Crippen molar-refractivity contribution in [2.24, 2.45) is 5.73 Å². The molecule has 3 N–H and O–H groups in total. The molecule has 0 aromatic heterocycles. The van der Waals surface area contributed by atoms with Crippen LogP contribution in [0.2, 0.25) is 0 Å². The second kappa shape index (κ2) is 6.65. The molecule has 104 valence electrons. The van der Waals surface area contributed by atoms with Crippen molar-refractivity contribution in [3.8, 4) is 0 Å². The molecule has 1 aliphatic heterocycles. The summed E-state index contributed by atoms with van der Waals surface area (Å²) in [6.07, 6.45) is 0. The SMILES string of the molecule is NCC(C(=O)O)c1ccc(CN2CCOCC2)cc1. The highest BCUT2D eigenvalue weighted by atomic mass is 16.5. The summed E-state index contributed by atoms with van der Waals surface area (Å²) in [4.78, 5) is 13.4. The molecule has 1 aromatic rings. The van der Waals surface area contributed by atoms with E-state index in [1.165, 1.54) is 5.56 Å². The fourth-order valence-corrected chi connectivity index (χ4v) is 2.25. The minimum atomic E-state index is -0.872. The predicted octanol–water partition coefficient (Wildman–Crippen LogP) is 0.646. The van der Waals surface area contributed by atoms with E-state index in [4.69, 9.17) is 15.6 Å². The van der Waals surface area contributed by atoms with E-state index in [-0.39, 0.29) is 6.54 Å². The number of benzene rings is 1. The van der Waals surface area contributed by atoms with Gasteiger partial charge in [0.05, 0.1) is 19.1 Å². The van der Waals surface area contributed by atoms with Crippen LogP contribution in [0.15, 0.2) is 24.3 Å². The zero-order chi connectivity index (χ0) is 13.7. The summed E-state index contributed by atoms with van der Waals surface area (Å²) in [5, 5.41) is 9.05. The van der Waals surface area contributed by atoms with Crippen molar-refractivity contribution in [3.05, 3.63) is 35.4 Å². The fraction of sp³-hybridized carbons (Fsp3) is 0.500. The number of hydrogen-bond acceptors (Lipinski definition) is 4. The first kappa shape index (κ1) is 14.0. The van der Waals surface area contributed by atoms with Gasteiger partial charge in [-0.05, 0) is 11.1 Å². The van der Waals surface area contributed by atoms with Crippen molar-refractivity contribution in [1.82, 2.24) is 4.90 Å². The average Bonchev–Trinajstić information content (AvgIpc) is 2.42. The largest absolute Gasteiger partial charge is 0.481 e. The first-order valence-electron chi connectivity index (χ1n) is 6.52. The Morgan fingerprint density at radius 3 is 2.47 bits per heavy atom. The highest BCUT2D eigenvalue weighted by Gasteiger charge is 2.17. The molecule has 1 fully saturated rings. The summed E-state index contributed by atoms with van der Waals surface area (Å²) >= 11 is 0. The van der Waals surface area contributed by atoms with Gasteiger partial charge in [-0.25, -0.2) is 0 Å². The van der Waals surface area contributed by atoms with E-state index in [1.807, 2.05) is 24.3 Å². The third-order valence-electron chi connectivity index (χ3n) is 3.43. The number of morpholine rings is 1. The molecule has 1 atom stereocenters. The Kier molecular flexibility index (Phi) is 4.90. The molecular formula is C14H20N2O3. The smallest absolute Gasteiger partial charge is 0.312 e. The van der Waals surface area contributed by atoms with Gasteiger partial charge in [0.15, 0.2) is 0 Å². The van der Waals surface area contributed by atoms with E-state index in [0.717, 1.165) is 38.4 Å². The molecule has 0 saturated carbocycles. The summed E-state index contributed by atoms with van der Waals surface area (Å²) in [5.74, 6) is -1.49. The molecule has 19 heavy (non-hydrogen) atoms. The Hall–Kier alpha value is -1.43. The summed E-state index contributed by atoms with van der Waals surface area (Å²) in [7, 11) is 0. The van der Waals surface area contributed by atoms with Gasteiger partial charge >= 0.3 is 5.97 Å². The summed E-state index contributed by atoms with van der Waals surface area (Å²) in [6, 6.07) is 7.69. The topological polar surface area (TPSA) is 75.8 Å². The molecule has 1 aromatic carbocycles. The van der Waals surface area contributed by atoms with Gasteiger partial charge in [0, 0.05) is 26.2 Å². The number of ether oxygens (including phenoxy) is 1. The number of nitrogens with zero attached hydrogens (tertiary/aromatic N) is 1. The van der Waals surface area contributed by atoms with Gasteiger partial charge in [-0.15, -0.1) is 0 Å². The van der Waals surface area contributed by atoms with Crippen LogP contribution in [0.3, 0.4) is 0 Å². The molecular weight excluding hydrogens is 244 g/mol. The normalized spacial score (nSPS) is 18.2. The van der Waals surface area contributed by atoms with Gasteiger partial charge in [-0.1, -0.05) is 24.3 Å². The molecule has 1 saturated heterocycles. The molecule has 5 heteroatoms. The van der Waals surface area contributed by atoms with E-state index in [1.54, 1.807) is 0 Å². The van der Waals surface area contributed by atoms with Crippen LogP contribution in [-0.4, -0.2) is 48.8 Å². The number of nitrogens with two attached hydrogens (primary N) is 1. The lowest BCUT2D eigenvalue weighted by Crippen LogP contribution is -2.35. The average molecular weight is 264 g/mol. The molecule has 0 spiro atoms. The zero-order valence-electron chi connectivity index (χ0n) is 10.9. The minimum absolute atomic E-state index is 0.123. The number of rotatable bonds is 5. The molecule has 0 amide bonds. The first-order chi connectivity index (χ1) is 9.20. The van der Waals surface area contributed by atoms with Gasteiger partial charge in [0.25, 0.3) is 0 Å². The van der Waals surface area contributed by atoms with Crippen molar-refractivity contribution in [2.75, 3.05) is 32.8 Å². The molecule has 2 rings (SSSR count). The molecule has 1 heterocycles. The van der Waals surface area contributed by atoms with Crippen LogP contribution in [0.1, 0.15) is 17.0 Å². The standard InChI is InChI=1S/C14H20N2O3/c15-9-13(14(17)18)12-3-1-11(2-4-12)10-16-5-7-19-8-6-16/h1-4,13H,5-10,15H2,(H,17,18). The molecule has 1 aliphatic rings. The molecule has 1 unspecified atom stereocenters. The maximum absolute atomic E-state index is 11.0. The van der Waals surface area contributed by atoms with Gasteiger partial charge in [0.2, 0.25) is 0 Å². The van der Waals surface area contributed by atoms with Crippen molar-refractivity contribution in [1.29, 1.82) is 0 Å². The number of hydrogen-bond donors (Lipinski definition) is 2. The second-order valence-corrected chi connectivity index (χ2v) is 4.76. The minimum Gasteiger partial charge on any atom is -0.481 e. The summed E-state index contributed by atoms with van der Waals surface area (Å²) in [6.45, 7) is 4.46. The second-order valence-electron chi connectivity index (χ2n) is 4.76. The van der Waals surface area contributed by atoms with Crippen LogP contribution in [-0.2, 0) is 16.1 Å². The van der Waals surface area contributed by atoms with Crippen molar-refractivity contribution >= 4 is 5.97 Å². The van der Waals surface area contributed by atoms with Crippen LogP contribution < -0.4 is 5.73 Å². The van der Waals surface area contributed by atoms with E-state index in [2.05, 4.69) is 4.90 Å². The van der Waals surface area contributed by atoms with E-state index in [9.17, 15) is 4.79 Å². The van der Waals surface area contributed by atoms with E-state index >= 15 is 0 Å². The van der Waals surface area contributed by atoms with Crippen LogP contribution in [0.4, 0.5) is 0 Å². The highest BCUT2D eigenvalue weighted by molar-refractivity contribution is 5.76. The fourth-order valence-electron chi connectivity index (χ4n) is 2.25. The maximum atomic E-state index is 11.0. The Morgan fingerprint density at radius 1 is 1.32 bits per heavy atom. The Bertz CT molecular complexity index is 413. The van der Waals surface area contributed by atoms with Crippen LogP contribution in [0.25, 0.3) is 0 Å². The lowest BCUT2D eigenvalue weighted by molar-refractivity contribution is -0.138. The third kappa shape index (κ3) is 3.76. The predicted molar refractivity (Wildman–Crippen MR) is 72.0 cm³/mol. The van der Waals surface area contributed by atoms with Crippen molar-refractivity contribution in [3.63, 3.8) is 0 Å². The molecule has 5 nitrogen and oxygen atoms in total. The van der Waals surface area contributed by atoms with Gasteiger partial charge in [-0.3, -0.25) is 9.69 Å². The van der Waals surface area contributed by atoms with Crippen LogP contribution in [0.5, 0.6) is 0 Å². The van der Waals surface area contributed by atoms with Gasteiger partial charge in [-0.2, -0.15) is 0 Å². The Labute approximate surface area is 113 Å². The van der Waals surface area contributed by atoms with E-state index < -0.39 is 11.9 Å². The number of carbonyl (C=O) groups is 1. The highest BCUT2D eigenvalue weighted by Crippen LogP contribution is 2.17. The summed E-state index contributed by atoms with van der Waals surface area (Å²) in [5.41, 5.74) is 7.44. The van der Waals surface area contributed by atoms with Crippen molar-refractivity contribution in [2.45, 2.75) is 12.5 Å². The lowest BCUT2D eigenvalue weighted by atomic mass is 9.98. The Morgan fingerprint density at radius 2 is 1.95 bits per heavy atom. The van der Waals surface area contributed by atoms with Crippen LogP contribution in [0, 0.1) is 0 Å². The monoisotopic (exact) mass is 264 g/mol. The van der Waals surface area contributed by atoms with Crippen LogP contribution >= 0.6 is 0 Å². The molecule has 0 bridgehead atoms. The molecule has 0 aliphatic carbocycles. The number of aliphatic carboxylic acids is 1. The maximum Gasteiger partial charge on any atom is 0.312 e. The van der Waals surface area contributed by atoms with Crippen molar-refractivity contribution < 1.29 is 14.6 Å².